The van der Waals surface area contributed by atoms with E-state index in [-0.39, 0.29) is 10.8 Å². The standard InChI is InChI=1S/C19H24O/c1-8-19(6,7)15-9-13(2)17(14(3)10-15)16-11-18(4,5)12-20-16/h1,9-11H,12H2,2-7H3. The highest BCUT2D eigenvalue weighted by molar-refractivity contribution is 5.69. The Morgan fingerprint density at radius 2 is 1.75 bits per heavy atom. The molecule has 20 heavy (non-hydrogen) atoms. The fourth-order valence-corrected chi connectivity index (χ4v) is 2.64. The summed E-state index contributed by atoms with van der Waals surface area (Å²) in [6, 6.07) is 4.38. The molecule has 0 aromatic heterocycles. The van der Waals surface area contributed by atoms with Gasteiger partial charge in [0.25, 0.3) is 0 Å². The highest BCUT2D eigenvalue weighted by Crippen LogP contribution is 2.37. The van der Waals surface area contributed by atoms with E-state index in [9.17, 15) is 0 Å². The van der Waals surface area contributed by atoms with Crippen molar-refractivity contribution in [2.45, 2.75) is 47.0 Å². The van der Waals surface area contributed by atoms with Crippen molar-refractivity contribution in [1.29, 1.82) is 0 Å². The molecule has 0 N–H and O–H groups in total. The van der Waals surface area contributed by atoms with E-state index >= 15 is 0 Å². The first-order valence-corrected chi connectivity index (χ1v) is 7.12. The van der Waals surface area contributed by atoms with E-state index in [4.69, 9.17) is 11.2 Å². The second-order valence-electron chi connectivity index (χ2n) is 7.04. The molecule has 0 saturated carbocycles. The number of aryl methyl sites for hydroxylation is 2. The lowest BCUT2D eigenvalue weighted by Crippen LogP contribution is -2.15. The first kappa shape index (κ1) is 14.7. The Balaban J connectivity index is 2.52. The zero-order chi connectivity index (χ0) is 15.1. The largest absolute Gasteiger partial charge is 0.492 e. The molecule has 1 heteroatoms. The van der Waals surface area contributed by atoms with Crippen molar-refractivity contribution in [2.75, 3.05) is 6.61 Å². The molecule has 106 valence electrons. The maximum absolute atomic E-state index is 5.89. The first-order valence-electron chi connectivity index (χ1n) is 7.12. The van der Waals surface area contributed by atoms with Crippen molar-refractivity contribution < 1.29 is 4.74 Å². The lowest BCUT2D eigenvalue weighted by molar-refractivity contribution is 0.227. The Kier molecular flexibility index (Phi) is 3.46. The zero-order valence-corrected chi connectivity index (χ0v) is 13.4. The van der Waals surface area contributed by atoms with Gasteiger partial charge >= 0.3 is 0 Å². The van der Waals surface area contributed by atoms with Crippen LogP contribution in [-0.2, 0) is 10.2 Å². The number of hydrogen-bond acceptors (Lipinski definition) is 1. The van der Waals surface area contributed by atoms with Crippen molar-refractivity contribution >= 4 is 5.76 Å². The van der Waals surface area contributed by atoms with Gasteiger partial charge in [-0.25, -0.2) is 0 Å². The number of ether oxygens (including phenoxy) is 1. The van der Waals surface area contributed by atoms with Gasteiger partial charge in [0.05, 0.1) is 12.0 Å². The molecule has 1 aromatic carbocycles. The predicted molar refractivity (Wildman–Crippen MR) is 85.5 cm³/mol. The normalized spacial score (nSPS) is 17.4. The van der Waals surface area contributed by atoms with Gasteiger partial charge < -0.3 is 4.74 Å². The van der Waals surface area contributed by atoms with Crippen molar-refractivity contribution in [1.82, 2.24) is 0 Å². The lowest BCUT2D eigenvalue weighted by Gasteiger charge is -2.21. The third-order valence-corrected chi connectivity index (χ3v) is 3.98. The molecule has 1 aliphatic heterocycles. The quantitative estimate of drug-likeness (QED) is 0.712. The molecule has 1 heterocycles. The van der Waals surface area contributed by atoms with Gasteiger partial charge in [-0.3, -0.25) is 0 Å². The molecule has 2 rings (SSSR count). The summed E-state index contributed by atoms with van der Waals surface area (Å²) < 4.78 is 5.89. The van der Waals surface area contributed by atoms with Crippen molar-refractivity contribution in [3.63, 3.8) is 0 Å². The molecule has 1 aliphatic rings. The molecule has 1 aromatic rings. The van der Waals surface area contributed by atoms with Crippen LogP contribution in [0.15, 0.2) is 18.2 Å². The molecule has 0 saturated heterocycles. The summed E-state index contributed by atoms with van der Waals surface area (Å²) in [5, 5.41) is 0. The average Bonchev–Trinajstić information content (AvgIpc) is 2.68. The predicted octanol–water partition coefficient (Wildman–Crippen LogP) is 4.61. The van der Waals surface area contributed by atoms with Gasteiger partial charge in [0.2, 0.25) is 0 Å². The summed E-state index contributed by atoms with van der Waals surface area (Å²) in [4.78, 5) is 0. The third kappa shape index (κ3) is 2.61. The van der Waals surface area contributed by atoms with E-state index in [1.54, 1.807) is 0 Å². The van der Waals surface area contributed by atoms with Crippen LogP contribution in [0.25, 0.3) is 5.76 Å². The van der Waals surface area contributed by atoms with Crippen LogP contribution < -0.4 is 0 Å². The Labute approximate surface area is 123 Å². The Morgan fingerprint density at radius 1 is 1.20 bits per heavy atom. The molecule has 0 radical (unpaired) electrons. The average molecular weight is 268 g/mol. The van der Waals surface area contributed by atoms with Crippen LogP contribution >= 0.6 is 0 Å². The smallest absolute Gasteiger partial charge is 0.123 e. The van der Waals surface area contributed by atoms with Gasteiger partial charge in [0.1, 0.15) is 5.76 Å². The first-order chi connectivity index (χ1) is 9.16. The molecule has 0 bridgehead atoms. The molecular formula is C19H24O. The SMILES string of the molecule is C#CC(C)(C)c1cc(C)c(C2=CC(C)(C)CO2)c(C)c1. The maximum Gasteiger partial charge on any atom is 0.123 e. The highest BCUT2D eigenvalue weighted by Gasteiger charge is 2.28. The molecule has 0 spiro atoms. The van der Waals surface area contributed by atoms with Crippen LogP contribution in [0.5, 0.6) is 0 Å². The van der Waals surface area contributed by atoms with E-state index in [1.165, 1.54) is 22.3 Å². The summed E-state index contributed by atoms with van der Waals surface area (Å²) in [5.74, 6) is 3.88. The van der Waals surface area contributed by atoms with Gasteiger partial charge in [-0.2, -0.15) is 0 Å². The minimum Gasteiger partial charge on any atom is -0.492 e. The minimum absolute atomic E-state index is 0.116. The Morgan fingerprint density at radius 3 is 2.15 bits per heavy atom. The monoisotopic (exact) mass is 268 g/mol. The highest BCUT2D eigenvalue weighted by atomic mass is 16.5. The van der Waals surface area contributed by atoms with Crippen LogP contribution in [0.4, 0.5) is 0 Å². The number of hydrogen-bond donors (Lipinski definition) is 0. The molecular weight excluding hydrogens is 244 g/mol. The van der Waals surface area contributed by atoms with E-state index < -0.39 is 0 Å². The van der Waals surface area contributed by atoms with E-state index in [0.717, 1.165) is 12.4 Å². The molecule has 0 atom stereocenters. The summed E-state index contributed by atoms with van der Waals surface area (Å²) >= 11 is 0. The summed E-state index contributed by atoms with van der Waals surface area (Å²) in [6.07, 6.45) is 7.88. The van der Waals surface area contributed by atoms with Crippen molar-refractivity contribution in [3.8, 4) is 12.3 Å². The number of terminal acetylenes is 1. The fraction of sp³-hybridized carbons (Fsp3) is 0.474. The topological polar surface area (TPSA) is 9.23 Å². The molecule has 0 amide bonds. The van der Waals surface area contributed by atoms with Gasteiger partial charge in [-0.05, 0) is 50.5 Å². The van der Waals surface area contributed by atoms with E-state index in [0.29, 0.717) is 0 Å². The number of rotatable bonds is 2. The molecule has 0 fully saturated rings. The fourth-order valence-electron chi connectivity index (χ4n) is 2.64. The van der Waals surface area contributed by atoms with E-state index in [1.807, 2.05) is 0 Å². The van der Waals surface area contributed by atoms with Crippen LogP contribution in [0.2, 0.25) is 0 Å². The van der Waals surface area contributed by atoms with Crippen LogP contribution in [0, 0.1) is 31.6 Å². The summed E-state index contributed by atoms with van der Waals surface area (Å²) in [5.41, 5.74) is 4.74. The number of benzene rings is 1. The molecule has 0 unspecified atom stereocenters. The van der Waals surface area contributed by atoms with Crippen LogP contribution in [-0.4, -0.2) is 6.61 Å². The maximum atomic E-state index is 5.89. The summed E-state index contributed by atoms with van der Waals surface area (Å²) in [6.45, 7) is 13.6. The second-order valence-corrected chi connectivity index (χ2v) is 7.04. The van der Waals surface area contributed by atoms with Crippen LogP contribution in [0.1, 0.15) is 49.9 Å². The van der Waals surface area contributed by atoms with Gasteiger partial charge in [0, 0.05) is 11.0 Å². The third-order valence-electron chi connectivity index (χ3n) is 3.98. The second kappa shape index (κ2) is 4.70. The molecule has 1 nitrogen and oxygen atoms in total. The van der Waals surface area contributed by atoms with Crippen molar-refractivity contribution in [2.24, 2.45) is 5.41 Å². The zero-order valence-electron chi connectivity index (χ0n) is 13.4. The van der Waals surface area contributed by atoms with Gasteiger partial charge in [-0.1, -0.05) is 31.9 Å². The summed E-state index contributed by atoms with van der Waals surface area (Å²) in [7, 11) is 0. The minimum atomic E-state index is -0.238. The lowest BCUT2D eigenvalue weighted by atomic mass is 9.82. The van der Waals surface area contributed by atoms with E-state index in [2.05, 4.69) is 65.7 Å². The van der Waals surface area contributed by atoms with Crippen molar-refractivity contribution in [3.05, 3.63) is 40.5 Å². The van der Waals surface area contributed by atoms with Gasteiger partial charge in [-0.15, -0.1) is 6.42 Å². The van der Waals surface area contributed by atoms with Gasteiger partial charge in [0.15, 0.2) is 0 Å². The Bertz CT molecular complexity index is 586. The Hall–Kier alpha value is -1.68. The van der Waals surface area contributed by atoms with Crippen LogP contribution in [0.3, 0.4) is 0 Å². The molecule has 0 aliphatic carbocycles.